The van der Waals surface area contributed by atoms with Crippen molar-refractivity contribution >= 4 is 0 Å². The third-order valence-electron chi connectivity index (χ3n) is 7.20. The molecule has 1 nitrogen and oxygen atoms in total. The van der Waals surface area contributed by atoms with Crippen LogP contribution in [0.1, 0.15) is 66.7 Å². The molecule has 0 spiro atoms. The van der Waals surface area contributed by atoms with Crippen molar-refractivity contribution in [3.63, 3.8) is 0 Å². The van der Waals surface area contributed by atoms with Gasteiger partial charge in [-0.3, -0.25) is 0 Å². The molecule has 3 aliphatic rings. The standard InChI is InChI=1S/C18H30O/c1-12-7-9-16(3,4)14-8-10-17(5)15(18(12,14)6)11-13(2)19-17/h12,14-15H,2,7-11H2,1,3-6H3. The zero-order chi connectivity index (χ0) is 14.1. The topological polar surface area (TPSA) is 9.23 Å². The van der Waals surface area contributed by atoms with Crippen LogP contribution in [-0.2, 0) is 4.74 Å². The van der Waals surface area contributed by atoms with Crippen molar-refractivity contribution in [3.05, 3.63) is 12.3 Å². The summed E-state index contributed by atoms with van der Waals surface area (Å²) in [6.07, 6.45) is 6.39. The van der Waals surface area contributed by atoms with Crippen molar-refractivity contribution in [2.24, 2.45) is 28.6 Å². The molecular formula is C18H30O. The van der Waals surface area contributed by atoms with E-state index >= 15 is 0 Å². The summed E-state index contributed by atoms with van der Waals surface area (Å²) in [5.41, 5.74) is 0.977. The van der Waals surface area contributed by atoms with E-state index in [1.807, 2.05) is 0 Å². The van der Waals surface area contributed by atoms with Crippen LogP contribution in [0.25, 0.3) is 0 Å². The first-order valence-electron chi connectivity index (χ1n) is 8.07. The van der Waals surface area contributed by atoms with E-state index in [-0.39, 0.29) is 5.60 Å². The van der Waals surface area contributed by atoms with Gasteiger partial charge >= 0.3 is 0 Å². The molecule has 0 aromatic heterocycles. The highest BCUT2D eigenvalue weighted by molar-refractivity contribution is 5.16. The molecule has 108 valence electrons. The Hall–Kier alpha value is -0.460. The summed E-state index contributed by atoms with van der Waals surface area (Å²) in [4.78, 5) is 0. The predicted octanol–water partition coefficient (Wildman–Crippen LogP) is 5.17. The Labute approximate surface area is 118 Å². The van der Waals surface area contributed by atoms with Gasteiger partial charge < -0.3 is 4.74 Å². The van der Waals surface area contributed by atoms with E-state index in [9.17, 15) is 0 Å². The molecule has 1 heteroatoms. The van der Waals surface area contributed by atoms with Crippen molar-refractivity contribution in [1.82, 2.24) is 0 Å². The minimum atomic E-state index is 0.0595. The quantitative estimate of drug-likeness (QED) is 0.585. The van der Waals surface area contributed by atoms with Gasteiger partial charge in [-0.25, -0.2) is 0 Å². The molecule has 1 aliphatic heterocycles. The van der Waals surface area contributed by atoms with Crippen molar-refractivity contribution in [2.45, 2.75) is 72.3 Å². The summed E-state index contributed by atoms with van der Waals surface area (Å²) in [5, 5.41) is 0. The Balaban J connectivity index is 2.05. The molecule has 5 atom stereocenters. The van der Waals surface area contributed by atoms with Gasteiger partial charge in [0.1, 0.15) is 5.60 Å². The van der Waals surface area contributed by atoms with Crippen molar-refractivity contribution in [1.29, 1.82) is 0 Å². The molecule has 3 fully saturated rings. The van der Waals surface area contributed by atoms with Gasteiger partial charge in [0.25, 0.3) is 0 Å². The average Bonchev–Trinajstić information content (AvgIpc) is 2.60. The van der Waals surface area contributed by atoms with Crippen LogP contribution >= 0.6 is 0 Å². The highest BCUT2D eigenvalue weighted by Gasteiger charge is 2.63. The Morgan fingerprint density at radius 1 is 1.05 bits per heavy atom. The number of hydrogen-bond acceptors (Lipinski definition) is 1. The summed E-state index contributed by atoms with van der Waals surface area (Å²) in [7, 11) is 0. The molecule has 5 unspecified atom stereocenters. The van der Waals surface area contributed by atoms with E-state index in [1.165, 1.54) is 25.7 Å². The second-order valence-corrected chi connectivity index (χ2v) is 8.60. The van der Waals surface area contributed by atoms with E-state index in [0.717, 1.165) is 24.0 Å². The van der Waals surface area contributed by atoms with E-state index in [1.54, 1.807) is 0 Å². The maximum atomic E-state index is 6.19. The molecule has 0 N–H and O–H groups in total. The Kier molecular flexibility index (Phi) is 2.70. The maximum absolute atomic E-state index is 6.19. The van der Waals surface area contributed by atoms with E-state index in [2.05, 4.69) is 41.2 Å². The molecule has 1 saturated heterocycles. The average molecular weight is 262 g/mol. The number of fused-ring (bicyclic) bond motifs is 3. The normalized spacial score (nSPS) is 52.3. The van der Waals surface area contributed by atoms with Crippen LogP contribution < -0.4 is 0 Å². The molecule has 3 rings (SSSR count). The van der Waals surface area contributed by atoms with Crippen LogP contribution in [0.5, 0.6) is 0 Å². The molecule has 19 heavy (non-hydrogen) atoms. The minimum Gasteiger partial charge on any atom is -0.492 e. The molecule has 0 aromatic carbocycles. The fourth-order valence-electron chi connectivity index (χ4n) is 5.97. The van der Waals surface area contributed by atoms with Crippen LogP contribution in [-0.4, -0.2) is 5.60 Å². The molecular weight excluding hydrogens is 232 g/mol. The van der Waals surface area contributed by atoms with E-state index in [0.29, 0.717) is 16.7 Å². The lowest BCUT2D eigenvalue weighted by Crippen LogP contribution is -2.58. The summed E-state index contributed by atoms with van der Waals surface area (Å²) >= 11 is 0. The summed E-state index contributed by atoms with van der Waals surface area (Å²) in [6.45, 7) is 16.5. The lowest BCUT2D eigenvalue weighted by Gasteiger charge is -2.62. The van der Waals surface area contributed by atoms with Gasteiger partial charge in [0.05, 0.1) is 5.76 Å². The van der Waals surface area contributed by atoms with Crippen molar-refractivity contribution in [2.75, 3.05) is 0 Å². The van der Waals surface area contributed by atoms with Crippen molar-refractivity contribution < 1.29 is 4.74 Å². The summed E-state index contributed by atoms with van der Waals surface area (Å²) in [5.74, 6) is 3.35. The van der Waals surface area contributed by atoms with Gasteiger partial charge in [-0.15, -0.1) is 0 Å². The first kappa shape index (κ1) is 13.5. The van der Waals surface area contributed by atoms with Gasteiger partial charge in [0.2, 0.25) is 0 Å². The zero-order valence-electron chi connectivity index (χ0n) is 13.4. The number of allylic oxidation sites excluding steroid dienone is 1. The third kappa shape index (κ3) is 1.66. The lowest BCUT2D eigenvalue weighted by molar-refractivity contribution is -0.166. The van der Waals surface area contributed by atoms with Crippen LogP contribution in [0, 0.1) is 28.6 Å². The minimum absolute atomic E-state index is 0.0595. The van der Waals surface area contributed by atoms with Gasteiger partial charge in [-0.05, 0) is 55.3 Å². The SMILES string of the molecule is C=C1CC2C(C)(CCC3C(C)(C)CCC(C)C32C)O1. The predicted molar refractivity (Wildman–Crippen MR) is 79.7 cm³/mol. The Bertz CT molecular complexity index is 410. The van der Waals surface area contributed by atoms with Crippen LogP contribution in [0.15, 0.2) is 12.3 Å². The van der Waals surface area contributed by atoms with Gasteiger partial charge in [-0.2, -0.15) is 0 Å². The first-order chi connectivity index (χ1) is 8.70. The Morgan fingerprint density at radius 2 is 1.74 bits per heavy atom. The fraction of sp³-hybridized carbons (Fsp3) is 0.889. The fourth-order valence-corrected chi connectivity index (χ4v) is 5.97. The molecule has 0 bridgehead atoms. The van der Waals surface area contributed by atoms with Crippen LogP contribution in [0.3, 0.4) is 0 Å². The highest BCUT2D eigenvalue weighted by atomic mass is 16.5. The smallest absolute Gasteiger partial charge is 0.110 e. The van der Waals surface area contributed by atoms with Gasteiger partial charge in [0.15, 0.2) is 0 Å². The summed E-state index contributed by atoms with van der Waals surface area (Å²) in [6, 6.07) is 0. The molecule has 1 heterocycles. The first-order valence-corrected chi connectivity index (χ1v) is 8.07. The molecule has 0 amide bonds. The van der Waals surface area contributed by atoms with Crippen LogP contribution in [0.2, 0.25) is 0 Å². The molecule has 2 aliphatic carbocycles. The number of hydrogen-bond donors (Lipinski definition) is 0. The lowest BCUT2D eigenvalue weighted by atomic mass is 9.43. The third-order valence-corrected chi connectivity index (χ3v) is 7.20. The highest BCUT2D eigenvalue weighted by Crippen LogP contribution is 2.67. The number of rotatable bonds is 0. The molecule has 2 saturated carbocycles. The molecule has 0 radical (unpaired) electrons. The maximum Gasteiger partial charge on any atom is 0.110 e. The van der Waals surface area contributed by atoms with Crippen LogP contribution in [0.4, 0.5) is 0 Å². The second kappa shape index (κ2) is 3.80. The number of ether oxygens (including phenoxy) is 1. The van der Waals surface area contributed by atoms with E-state index in [4.69, 9.17) is 4.74 Å². The monoisotopic (exact) mass is 262 g/mol. The van der Waals surface area contributed by atoms with Gasteiger partial charge in [0, 0.05) is 12.3 Å². The molecule has 0 aromatic rings. The Morgan fingerprint density at radius 3 is 2.42 bits per heavy atom. The van der Waals surface area contributed by atoms with Gasteiger partial charge in [-0.1, -0.05) is 34.3 Å². The van der Waals surface area contributed by atoms with E-state index < -0.39 is 0 Å². The largest absolute Gasteiger partial charge is 0.492 e. The zero-order valence-corrected chi connectivity index (χ0v) is 13.4. The van der Waals surface area contributed by atoms with Crippen molar-refractivity contribution in [3.8, 4) is 0 Å². The second-order valence-electron chi connectivity index (χ2n) is 8.60. The summed E-state index contributed by atoms with van der Waals surface area (Å²) < 4.78 is 6.19.